The van der Waals surface area contributed by atoms with Gasteiger partial charge in [0.2, 0.25) is 0 Å². The normalized spacial score (nSPS) is 13.0. The van der Waals surface area contributed by atoms with E-state index in [1.807, 2.05) is 6.07 Å². The zero-order valence-electron chi connectivity index (χ0n) is 10.4. The predicted octanol–water partition coefficient (Wildman–Crippen LogP) is 1.20. The van der Waals surface area contributed by atoms with Gasteiger partial charge in [-0.15, -0.1) is 0 Å². The zero-order chi connectivity index (χ0) is 11.8. The molecule has 0 bridgehead atoms. The van der Waals surface area contributed by atoms with Gasteiger partial charge in [-0.05, 0) is 31.0 Å². The van der Waals surface area contributed by atoms with Gasteiger partial charge in [0.15, 0.2) is 0 Å². The van der Waals surface area contributed by atoms with Gasteiger partial charge in [0.05, 0.1) is 6.20 Å². The molecule has 0 amide bonds. The summed E-state index contributed by atoms with van der Waals surface area (Å²) < 4.78 is 0. The van der Waals surface area contributed by atoms with Crippen LogP contribution in [0.4, 0.5) is 0 Å². The van der Waals surface area contributed by atoms with Gasteiger partial charge in [0, 0.05) is 25.3 Å². The summed E-state index contributed by atoms with van der Waals surface area (Å²) in [6, 6.07) is 2.45. The highest BCUT2D eigenvalue weighted by Gasteiger charge is 2.01. The minimum Gasteiger partial charge on any atom is -0.315 e. The second kappa shape index (κ2) is 7.30. The van der Waals surface area contributed by atoms with E-state index in [4.69, 9.17) is 0 Å². The van der Waals surface area contributed by atoms with Gasteiger partial charge in [0.25, 0.3) is 0 Å². The lowest BCUT2D eigenvalue weighted by molar-refractivity contribution is 0.472. The first-order chi connectivity index (χ1) is 7.68. The lowest BCUT2D eigenvalue weighted by Gasteiger charge is -2.15. The average molecular weight is 222 g/mol. The summed E-state index contributed by atoms with van der Waals surface area (Å²) in [5.41, 5.74) is 1.17. The Morgan fingerprint density at radius 2 is 2.00 bits per heavy atom. The topological polar surface area (TPSA) is 49.8 Å². The minimum absolute atomic E-state index is 0.465. The molecule has 0 aliphatic rings. The van der Waals surface area contributed by atoms with Gasteiger partial charge in [-0.1, -0.05) is 13.8 Å². The van der Waals surface area contributed by atoms with Crippen molar-refractivity contribution in [2.45, 2.75) is 33.4 Å². The van der Waals surface area contributed by atoms with E-state index in [0.717, 1.165) is 19.6 Å². The van der Waals surface area contributed by atoms with E-state index in [1.165, 1.54) is 5.56 Å². The molecular formula is C12H22N4. The summed E-state index contributed by atoms with van der Waals surface area (Å²) in [6.07, 6.45) is 3.51. The quantitative estimate of drug-likeness (QED) is 0.728. The molecule has 0 aliphatic carbocycles. The molecule has 1 aromatic heterocycles. The Morgan fingerprint density at radius 3 is 2.62 bits per heavy atom. The Labute approximate surface area is 97.9 Å². The van der Waals surface area contributed by atoms with Crippen LogP contribution in [0.25, 0.3) is 0 Å². The monoisotopic (exact) mass is 222 g/mol. The third kappa shape index (κ3) is 5.78. The van der Waals surface area contributed by atoms with E-state index in [0.29, 0.717) is 12.0 Å². The van der Waals surface area contributed by atoms with Crippen molar-refractivity contribution < 1.29 is 0 Å². The molecule has 0 saturated heterocycles. The summed E-state index contributed by atoms with van der Waals surface area (Å²) in [7, 11) is 0. The lowest BCUT2D eigenvalue weighted by atomic mass is 10.2. The summed E-state index contributed by atoms with van der Waals surface area (Å²) >= 11 is 0. The number of hydrogen-bond donors (Lipinski definition) is 2. The van der Waals surface area contributed by atoms with Crippen LogP contribution < -0.4 is 10.6 Å². The SMILES string of the molecule is CC(C)CNCC(C)NCc1ccnnc1. The van der Waals surface area contributed by atoms with E-state index in [1.54, 1.807) is 12.4 Å². The molecule has 0 aliphatic heterocycles. The molecule has 1 rings (SSSR count). The van der Waals surface area contributed by atoms with Gasteiger partial charge >= 0.3 is 0 Å². The third-order valence-corrected chi connectivity index (χ3v) is 2.30. The molecule has 0 aromatic carbocycles. The first-order valence-electron chi connectivity index (χ1n) is 5.88. The number of hydrogen-bond acceptors (Lipinski definition) is 4. The maximum atomic E-state index is 3.84. The van der Waals surface area contributed by atoms with Crippen molar-refractivity contribution in [2.75, 3.05) is 13.1 Å². The first kappa shape index (κ1) is 13.1. The molecule has 16 heavy (non-hydrogen) atoms. The van der Waals surface area contributed by atoms with Crippen LogP contribution in [-0.2, 0) is 6.54 Å². The van der Waals surface area contributed by atoms with Gasteiger partial charge in [-0.2, -0.15) is 10.2 Å². The van der Waals surface area contributed by atoms with Crippen LogP contribution in [0.3, 0.4) is 0 Å². The highest BCUT2D eigenvalue weighted by Crippen LogP contribution is 1.94. The Hall–Kier alpha value is -1.00. The zero-order valence-corrected chi connectivity index (χ0v) is 10.4. The fraction of sp³-hybridized carbons (Fsp3) is 0.667. The van der Waals surface area contributed by atoms with Crippen LogP contribution in [0.5, 0.6) is 0 Å². The number of rotatable bonds is 7. The van der Waals surface area contributed by atoms with E-state index < -0.39 is 0 Å². The summed E-state index contributed by atoms with van der Waals surface area (Å²) in [4.78, 5) is 0. The molecule has 0 saturated carbocycles. The first-order valence-corrected chi connectivity index (χ1v) is 5.88. The highest BCUT2D eigenvalue weighted by molar-refractivity contribution is 5.04. The number of nitrogens with zero attached hydrogens (tertiary/aromatic N) is 2. The van der Waals surface area contributed by atoms with Gasteiger partial charge in [0.1, 0.15) is 0 Å². The fourth-order valence-corrected chi connectivity index (χ4v) is 1.38. The summed E-state index contributed by atoms with van der Waals surface area (Å²) in [5.74, 6) is 0.705. The third-order valence-electron chi connectivity index (χ3n) is 2.30. The molecular weight excluding hydrogens is 200 g/mol. The van der Waals surface area contributed by atoms with E-state index in [2.05, 4.69) is 41.6 Å². The number of nitrogens with one attached hydrogen (secondary N) is 2. The van der Waals surface area contributed by atoms with Crippen molar-refractivity contribution >= 4 is 0 Å². The van der Waals surface area contributed by atoms with Crippen LogP contribution in [0.15, 0.2) is 18.5 Å². The van der Waals surface area contributed by atoms with Crippen LogP contribution >= 0.6 is 0 Å². The molecule has 2 N–H and O–H groups in total. The van der Waals surface area contributed by atoms with Crippen molar-refractivity contribution in [1.82, 2.24) is 20.8 Å². The standard InChI is InChI=1S/C12H22N4/c1-10(2)6-13-7-11(3)14-8-12-4-5-15-16-9-12/h4-5,9-11,13-14H,6-8H2,1-3H3. The lowest BCUT2D eigenvalue weighted by Crippen LogP contribution is -2.37. The molecule has 0 fully saturated rings. The Balaban J connectivity index is 2.13. The molecule has 1 heterocycles. The Morgan fingerprint density at radius 1 is 1.19 bits per heavy atom. The molecule has 4 nitrogen and oxygen atoms in total. The maximum absolute atomic E-state index is 3.84. The van der Waals surface area contributed by atoms with Gasteiger partial charge in [-0.3, -0.25) is 0 Å². The smallest absolute Gasteiger partial charge is 0.0541 e. The van der Waals surface area contributed by atoms with E-state index in [9.17, 15) is 0 Å². The second-order valence-electron chi connectivity index (χ2n) is 4.58. The van der Waals surface area contributed by atoms with Crippen LogP contribution in [-0.4, -0.2) is 29.3 Å². The Bertz CT molecular complexity index is 274. The second-order valence-corrected chi connectivity index (χ2v) is 4.58. The minimum atomic E-state index is 0.465. The van der Waals surface area contributed by atoms with Crippen LogP contribution in [0, 0.1) is 5.92 Å². The molecule has 90 valence electrons. The highest BCUT2D eigenvalue weighted by atomic mass is 15.1. The van der Waals surface area contributed by atoms with E-state index >= 15 is 0 Å². The van der Waals surface area contributed by atoms with E-state index in [-0.39, 0.29) is 0 Å². The molecule has 0 radical (unpaired) electrons. The Kier molecular flexibility index (Phi) is 5.96. The van der Waals surface area contributed by atoms with Crippen molar-refractivity contribution in [3.05, 3.63) is 24.0 Å². The van der Waals surface area contributed by atoms with Crippen molar-refractivity contribution in [1.29, 1.82) is 0 Å². The van der Waals surface area contributed by atoms with Crippen molar-refractivity contribution in [3.63, 3.8) is 0 Å². The molecule has 4 heteroatoms. The number of aromatic nitrogens is 2. The molecule has 1 unspecified atom stereocenters. The largest absolute Gasteiger partial charge is 0.315 e. The van der Waals surface area contributed by atoms with Gasteiger partial charge in [-0.25, -0.2) is 0 Å². The summed E-state index contributed by atoms with van der Waals surface area (Å²) in [6.45, 7) is 9.53. The van der Waals surface area contributed by atoms with Gasteiger partial charge < -0.3 is 10.6 Å². The fourth-order valence-electron chi connectivity index (χ4n) is 1.38. The van der Waals surface area contributed by atoms with Crippen LogP contribution in [0.2, 0.25) is 0 Å². The maximum Gasteiger partial charge on any atom is 0.0541 e. The molecule has 0 spiro atoms. The van der Waals surface area contributed by atoms with Crippen molar-refractivity contribution in [2.24, 2.45) is 5.92 Å². The van der Waals surface area contributed by atoms with Crippen molar-refractivity contribution in [3.8, 4) is 0 Å². The van der Waals surface area contributed by atoms with Crippen LogP contribution in [0.1, 0.15) is 26.3 Å². The molecule has 1 aromatic rings. The predicted molar refractivity (Wildman–Crippen MR) is 66.0 cm³/mol. The average Bonchev–Trinajstić information content (AvgIpc) is 2.27. The summed E-state index contributed by atoms with van der Waals surface area (Å²) in [5, 5.41) is 14.5. The molecule has 1 atom stereocenters.